The highest BCUT2D eigenvalue weighted by molar-refractivity contribution is 5.96. The quantitative estimate of drug-likeness (QED) is 0.322. The molecule has 0 saturated carbocycles. The van der Waals surface area contributed by atoms with Crippen molar-refractivity contribution in [3.8, 4) is 0 Å². The summed E-state index contributed by atoms with van der Waals surface area (Å²) in [5.41, 5.74) is 5.31. The second-order valence-corrected chi connectivity index (χ2v) is 11.0. The first kappa shape index (κ1) is 25.5. The van der Waals surface area contributed by atoms with Crippen molar-refractivity contribution in [3.63, 3.8) is 0 Å². The molecule has 5 rings (SSSR count). The van der Waals surface area contributed by atoms with E-state index in [1.165, 1.54) is 11.1 Å². The Labute approximate surface area is 223 Å². The Morgan fingerprint density at radius 3 is 2.55 bits per heavy atom. The molecular formula is C31H34N4O3. The third kappa shape index (κ3) is 4.88. The monoisotopic (exact) mass is 510 g/mol. The molecule has 4 aromatic rings. The number of aromatic nitrogens is 2. The van der Waals surface area contributed by atoms with E-state index in [0.717, 1.165) is 11.1 Å². The van der Waals surface area contributed by atoms with Gasteiger partial charge in [0.1, 0.15) is 17.1 Å². The van der Waals surface area contributed by atoms with Gasteiger partial charge in [0.15, 0.2) is 0 Å². The van der Waals surface area contributed by atoms with Crippen LogP contribution in [0.25, 0.3) is 5.65 Å². The fourth-order valence-electron chi connectivity index (χ4n) is 5.11. The first-order valence-corrected chi connectivity index (χ1v) is 13.0. The summed E-state index contributed by atoms with van der Waals surface area (Å²) in [6, 6.07) is 19.2. The largest absolute Gasteiger partial charge is 0.456 e. The minimum atomic E-state index is -0.601. The van der Waals surface area contributed by atoms with Gasteiger partial charge in [-0.1, -0.05) is 36.4 Å². The van der Waals surface area contributed by atoms with Crippen LogP contribution in [0.3, 0.4) is 0 Å². The highest BCUT2D eigenvalue weighted by Crippen LogP contribution is 2.36. The van der Waals surface area contributed by atoms with Crippen LogP contribution in [0, 0.1) is 6.92 Å². The van der Waals surface area contributed by atoms with Crippen molar-refractivity contribution in [2.45, 2.75) is 65.8 Å². The van der Waals surface area contributed by atoms with Gasteiger partial charge in [-0.2, -0.15) is 0 Å². The summed E-state index contributed by atoms with van der Waals surface area (Å²) in [4.78, 5) is 33.4. The lowest BCUT2D eigenvalue weighted by atomic mass is 10.1. The van der Waals surface area contributed by atoms with E-state index < -0.39 is 5.60 Å². The fourth-order valence-corrected chi connectivity index (χ4v) is 5.11. The van der Waals surface area contributed by atoms with Crippen molar-refractivity contribution >= 4 is 23.1 Å². The van der Waals surface area contributed by atoms with E-state index in [1.807, 2.05) is 77.2 Å². The number of nitrogens with one attached hydrogen (secondary N) is 1. The van der Waals surface area contributed by atoms with Gasteiger partial charge < -0.3 is 15.0 Å². The van der Waals surface area contributed by atoms with Crippen LogP contribution < -0.4 is 15.8 Å². The fraction of sp³-hybridized carbons (Fsp3) is 0.323. The number of ether oxygens (including phenoxy) is 1. The van der Waals surface area contributed by atoms with Gasteiger partial charge in [0.05, 0.1) is 17.6 Å². The summed E-state index contributed by atoms with van der Waals surface area (Å²) >= 11 is 0. The molecule has 2 atom stereocenters. The van der Waals surface area contributed by atoms with Gasteiger partial charge >= 0.3 is 5.97 Å². The van der Waals surface area contributed by atoms with Crippen LogP contribution in [0.4, 0.5) is 11.5 Å². The summed E-state index contributed by atoms with van der Waals surface area (Å²) in [6.45, 7) is 12.4. The SMILES string of the molecule is Cc1cc(C(C)Nc2ccccc2C(=O)OC(C)(C)C)c2nc(N3Cc4ccccc4C3C)cc(=O)n2c1. The Bertz CT molecular complexity index is 1580. The van der Waals surface area contributed by atoms with Crippen molar-refractivity contribution in [1.82, 2.24) is 9.38 Å². The van der Waals surface area contributed by atoms with E-state index in [2.05, 4.69) is 29.3 Å². The molecule has 3 heterocycles. The number of fused-ring (bicyclic) bond motifs is 2. The number of pyridine rings is 1. The lowest BCUT2D eigenvalue weighted by Crippen LogP contribution is -2.26. The van der Waals surface area contributed by atoms with Crippen molar-refractivity contribution < 1.29 is 9.53 Å². The smallest absolute Gasteiger partial charge is 0.340 e. The zero-order valence-corrected chi connectivity index (χ0v) is 22.8. The first-order valence-electron chi connectivity index (χ1n) is 13.0. The molecule has 0 amide bonds. The minimum absolute atomic E-state index is 0.116. The maximum absolute atomic E-state index is 13.3. The minimum Gasteiger partial charge on any atom is -0.456 e. The predicted molar refractivity (Wildman–Crippen MR) is 151 cm³/mol. The first-order chi connectivity index (χ1) is 18.0. The Hall–Kier alpha value is -4.13. The number of hydrogen-bond donors (Lipinski definition) is 1. The van der Waals surface area contributed by atoms with Crippen LogP contribution in [-0.4, -0.2) is 21.0 Å². The van der Waals surface area contributed by atoms with E-state index in [1.54, 1.807) is 16.5 Å². The zero-order chi connectivity index (χ0) is 27.2. The number of para-hydroxylation sites is 1. The summed E-state index contributed by atoms with van der Waals surface area (Å²) in [7, 11) is 0. The number of benzene rings is 2. The number of nitrogens with zero attached hydrogens (tertiary/aromatic N) is 3. The molecule has 2 aromatic carbocycles. The summed E-state index contributed by atoms with van der Waals surface area (Å²) in [5.74, 6) is 0.270. The molecule has 2 unspecified atom stereocenters. The van der Waals surface area contributed by atoms with Crippen molar-refractivity contribution in [3.05, 3.63) is 105 Å². The maximum Gasteiger partial charge on any atom is 0.340 e. The molecule has 1 aliphatic heterocycles. The number of hydrogen-bond acceptors (Lipinski definition) is 6. The molecule has 0 bridgehead atoms. The van der Waals surface area contributed by atoms with E-state index in [9.17, 15) is 9.59 Å². The third-order valence-corrected chi connectivity index (χ3v) is 6.90. The number of carbonyl (C=O) groups excluding carboxylic acids is 1. The van der Waals surface area contributed by atoms with Crippen LogP contribution in [0.15, 0.2) is 71.7 Å². The lowest BCUT2D eigenvalue weighted by Gasteiger charge is -2.25. The average Bonchev–Trinajstić information content (AvgIpc) is 3.19. The van der Waals surface area contributed by atoms with E-state index in [4.69, 9.17) is 9.72 Å². The highest BCUT2D eigenvalue weighted by Gasteiger charge is 2.28. The number of carbonyl (C=O) groups is 1. The molecule has 0 radical (unpaired) electrons. The van der Waals surface area contributed by atoms with Crippen LogP contribution in [0.1, 0.15) is 79.3 Å². The number of aryl methyl sites for hydroxylation is 1. The average molecular weight is 511 g/mol. The van der Waals surface area contributed by atoms with E-state index >= 15 is 0 Å². The molecule has 1 aliphatic rings. The normalized spacial score (nSPS) is 15.8. The van der Waals surface area contributed by atoms with Gasteiger partial charge in [0, 0.05) is 30.1 Å². The van der Waals surface area contributed by atoms with E-state index in [0.29, 0.717) is 29.3 Å². The van der Waals surface area contributed by atoms with Gasteiger partial charge in [-0.05, 0) is 76.4 Å². The standard InChI is InChI=1S/C31H34N4O3/c1-19-15-25(20(2)32-26-14-10-9-13-24(26)30(37)38-31(4,5)6)29-33-27(16-28(36)35(29)17-19)34-18-22-11-7-8-12-23(22)21(34)3/h7-17,20-21,32H,18H2,1-6H3. The van der Waals surface area contributed by atoms with Crippen LogP contribution in [-0.2, 0) is 11.3 Å². The van der Waals surface area contributed by atoms with Crippen molar-refractivity contribution in [1.29, 1.82) is 0 Å². The molecule has 0 aliphatic carbocycles. The van der Waals surface area contributed by atoms with Gasteiger partial charge in [-0.25, -0.2) is 9.78 Å². The molecule has 0 spiro atoms. The molecule has 2 aromatic heterocycles. The summed E-state index contributed by atoms with van der Waals surface area (Å²) in [5, 5.41) is 3.47. The summed E-state index contributed by atoms with van der Waals surface area (Å²) < 4.78 is 7.24. The molecule has 7 heteroatoms. The van der Waals surface area contributed by atoms with Gasteiger partial charge in [0.25, 0.3) is 5.56 Å². The molecule has 1 N–H and O–H groups in total. The maximum atomic E-state index is 13.3. The highest BCUT2D eigenvalue weighted by atomic mass is 16.6. The zero-order valence-electron chi connectivity index (χ0n) is 22.8. The van der Waals surface area contributed by atoms with Crippen molar-refractivity contribution in [2.75, 3.05) is 10.2 Å². The van der Waals surface area contributed by atoms with Gasteiger partial charge in [-0.3, -0.25) is 9.20 Å². The molecule has 0 saturated heterocycles. The number of anilines is 2. The Morgan fingerprint density at radius 1 is 1.11 bits per heavy atom. The lowest BCUT2D eigenvalue weighted by molar-refractivity contribution is 0.00706. The Kier molecular flexibility index (Phi) is 6.47. The molecule has 196 valence electrons. The van der Waals surface area contributed by atoms with Crippen LogP contribution in [0.2, 0.25) is 0 Å². The van der Waals surface area contributed by atoms with Gasteiger partial charge in [0.2, 0.25) is 0 Å². The number of esters is 1. The summed E-state index contributed by atoms with van der Waals surface area (Å²) in [6.07, 6.45) is 1.82. The van der Waals surface area contributed by atoms with Crippen LogP contribution in [0.5, 0.6) is 0 Å². The van der Waals surface area contributed by atoms with Gasteiger partial charge in [-0.15, -0.1) is 0 Å². The van der Waals surface area contributed by atoms with Crippen LogP contribution >= 0.6 is 0 Å². The van der Waals surface area contributed by atoms with Crippen molar-refractivity contribution in [2.24, 2.45) is 0 Å². The second-order valence-electron chi connectivity index (χ2n) is 11.0. The third-order valence-electron chi connectivity index (χ3n) is 6.90. The molecule has 0 fully saturated rings. The molecule has 38 heavy (non-hydrogen) atoms. The predicted octanol–water partition coefficient (Wildman–Crippen LogP) is 6.21. The Morgan fingerprint density at radius 2 is 1.82 bits per heavy atom. The second kappa shape index (κ2) is 9.63. The molecular weight excluding hydrogens is 476 g/mol. The molecule has 7 nitrogen and oxygen atoms in total. The topological polar surface area (TPSA) is 75.9 Å². The number of rotatable bonds is 5. The van der Waals surface area contributed by atoms with E-state index in [-0.39, 0.29) is 23.6 Å². The Balaban J connectivity index is 1.53.